The predicted molar refractivity (Wildman–Crippen MR) is 84.2 cm³/mol. The van der Waals surface area contributed by atoms with Crippen LogP contribution >= 0.6 is 0 Å². The van der Waals surface area contributed by atoms with Gasteiger partial charge in [0.1, 0.15) is 23.3 Å². The molecule has 2 rings (SSSR count). The monoisotopic (exact) mass is 366 g/mol. The van der Waals surface area contributed by atoms with Crippen LogP contribution in [0.4, 0.5) is 17.6 Å². The minimum atomic E-state index is -1.24. The molecule has 0 bridgehead atoms. The summed E-state index contributed by atoms with van der Waals surface area (Å²) in [6, 6.07) is 5.40. The topological polar surface area (TPSA) is 82.9 Å². The number of carbonyl (C=O) groups is 2. The Morgan fingerprint density at radius 3 is 1.46 bits per heavy atom. The van der Waals surface area contributed by atoms with E-state index in [0.717, 1.165) is 36.7 Å². The van der Waals surface area contributed by atoms with Gasteiger partial charge in [-0.15, -0.1) is 0 Å². The summed E-state index contributed by atoms with van der Waals surface area (Å²) in [5.74, 6) is -5.84. The lowest BCUT2D eigenvalue weighted by molar-refractivity contribution is -0.139. The predicted octanol–water partition coefficient (Wildman–Crippen LogP) is 1.84. The van der Waals surface area contributed by atoms with Gasteiger partial charge in [0.25, 0.3) is 0 Å². The van der Waals surface area contributed by atoms with Gasteiger partial charge in [-0.1, -0.05) is 0 Å². The van der Waals surface area contributed by atoms with E-state index < -0.39 is 35.1 Å². The van der Waals surface area contributed by atoms with Crippen molar-refractivity contribution in [2.45, 2.75) is 0 Å². The quantitative estimate of drug-likeness (QED) is 0.375. The van der Waals surface area contributed by atoms with Crippen molar-refractivity contribution in [3.8, 4) is 0 Å². The number of hydrogen-bond acceptors (Lipinski definition) is 4. The highest BCUT2D eigenvalue weighted by Crippen LogP contribution is 2.07. The van der Waals surface area contributed by atoms with Crippen LogP contribution in [0.2, 0.25) is 0 Å². The van der Waals surface area contributed by atoms with E-state index in [9.17, 15) is 27.2 Å². The van der Waals surface area contributed by atoms with E-state index in [1.165, 1.54) is 0 Å². The molecule has 10 heteroatoms. The molecule has 2 N–H and O–H groups in total. The average molecular weight is 366 g/mol. The highest BCUT2D eigenvalue weighted by atomic mass is 19.1. The molecule has 0 aliphatic carbocycles. The molecule has 0 radical (unpaired) electrons. The van der Waals surface area contributed by atoms with Gasteiger partial charge in [0, 0.05) is 23.3 Å². The van der Waals surface area contributed by atoms with Crippen molar-refractivity contribution < 1.29 is 27.2 Å². The fourth-order valence-corrected chi connectivity index (χ4v) is 1.63. The van der Waals surface area contributed by atoms with Gasteiger partial charge in [0.2, 0.25) is 0 Å². The molecule has 0 atom stereocenters. The molecule has 0 heterocycles. The average Bonchev–Trinajstić information content (AvgIpc) is 2.58. The van der Waals surface area contributed by atoms with E-state index in [1.54, 1.807) is 10.9 Å². The van der Waals surface area contributed by atoms with Crippen LogP contribution in [0.5, 0.6) is 0 Å². The molecule has 0 aromatic heterocycles. The van der Waals surface area contributed by atoms with E-state index in [-0.39, 0.29) is 11.1 Å². The summed E-state index contributed by atoms with van der Waals surface area (Å²) < 4.78 is 52.1. The largest absolute Gasteiger partial charge is 0.331 e. The molecule has 0 saturated carbocycles. The zero-order chi connectivity index (χ0) is 19.1. The Balaban J connectivity index is 1.88. The highest BCUT2D eigenvalue weighted by Gasteiger charge is 2.11. The van der Waals surface area contributed by atoms with Gasteiger partial charge < -0.3 is 0 Å². The second kappa shape index (κ2) is 8.51. The number of nitrogens with zero attached hydrogens (tertiary/aromatic N) is 2. The molecule has 6 nitrogen and oxygen atoms in total. The van der Waals surface area contributed by atoms with Crippen LogP contribution in [0.1, 0.15) is 11.1 Å². The zero-order valence-electron chi connectivity index (χ0n) is 12.8. The molecular formula is C16H10F4N4O2. The number of carbonyl (C=O) groups excluding carboxylic acids is 2. The Labute approximate surface area is 144 Å². The lowest BCUT2D eigenvalue weighted by Crippen LogP contribution is -2.35. The Morgan fingerprint density at radius 2 is 1.12 bits per heavy atom. The molecule has 0 saturated heterocycles. The molecule has 26 heavy (non-hydrogen) atoms. The molecule has 0 unspecified atom stereocenters. The van der Waals surface area contributed by atoms with Gasteiger partial charge in [-0.2, -0.15) is 10.2 Å². The summed E-state index contributed by atoms with van der Waals surface area (Å²) in [7, 11) is 0. The second-order valence-corrected chi connectivity index (χ2v) is 4.73. The van der Waals surface area contributed by atoms with Crippen LogP contribution in [-0.4, -0.2) is 24.2 Å². The SMILES string of the molecule is O=C(N/N=C\c1ccc(F)cc1F)C(=O)N/N=C\c1ccc(F)cc1F. The molecule has 2 amide bonds. The molecule has 0 aliphatic rings. The smallest absolute Gasteiger partial charge is 0.262 e. The highest BCUT2D eigenvalue weighted by molar-refractivity contribution is 6.35. The maximum atomic E-state index is 13.3. The van der Waals surface area contributed by atoms with Gasteiger partial charge in [0.05, 0.1) is 12.4 Å². The van der Waals surface area contributed by atoms with Crippen LogP contribution in [0.3, 0.4) is 0 Å². The van der Waals surface area contributed by atoms with E-state index in [0.29, 0.717) is 12.1 Å². The van der Waals surface area contributed by atoms with Crippen LogP contribution in [0, 0.1) is 23.3 Å². The normalized spacial score (nSPS) is 11.1. The van der Waals surface area contributed by atoms with Crippen LogP contribution < -0.4 is 10.9 Å². The maximum absolute atomic E-state index is 13.3. The van der Waals surface area contributed by atoms with Crippen LogP contribution in [0.25, 0.3) is 0 Å². The summed E-state index contributed by atoms with van der Waals surface area (Å²) in [5, 5.41) is 6.68. The third-order valence-corrected chi connectivity index (χ3v) is 2.87. The second-order valence-electron chi connectivity index (χ2n) is 4.73. The third kappa shape index (κ3) is 5.23. The Hall–Kier alpha value is -3.56. The number of amides is 2. The number of hydrogen-bond donors (Lipinski definition) is 2. The lowest BCUT2D eigenvalue weighted by Gasteiger charge is -1.99. The van der Waals surface area contributed by atoms with E-state index in [1.807, 2.05) is 0 Å². The summed E-state index contributed by atoms with van der Waals surface area (Å²) in [6.45, 7) is 0. The van der Waals surface area contributed by atoms with Gasteiger partial charge in [-0.05, 0) is 24.3 Å². The number of benzene rings is 2. The van der Waals surface area contributed by atoms with Crippen molar-refractivity contribution >= 4 is 24.2 Å². The number of nitrogens with one attached hydrogen (secondary N) is 2. The van der Waals surface area contributed by atoms with Crippen molar-refractivity contribution in [2.75, 3.05) is 0 Å². The van der Waals surface area contributed by atoms with E-state index in [2.05, 4.69) is 10.2 Å². The maximum Gasteiger partial charge on any atom is 0.331 e. The van der Waals surface area contributed by atoms with Gasteiger partial charge in [-0.25, -0.2) is 28.4 Å². The molecular weight excluding hydrogens is 356 g/mol. The van der Waals surface area contributed by atoms with E-state index >= 15 is 0 Å². The molecule has 2 aromatic rings. The third-order valence-electron chi connectivity index (χ3n) is 2.87. The summed E-state index contributed by atoms with van der Waals surface area (Å²) >= 11 is 0. The minimum Gasteiger partial charge on any atom is -0.262 e. The first-order valence-electron chi connectivity index (χ1n) is 6.93. The minimum absolute atomic E-state index is 0.114. The number of halogens is 4. The van der Waals surface area contributed by atoms with Crippen LogP contribution in [-0.2, 0) is 9.59 Å². The Kier molecular flexibility index (Phi) is 6.15. The van der Waals surface area contributed by atoms with Gasteiger partial charge >= 0.3 is 11.8 Å². The van der Waals surface area contributed by atoms with Gasteiger partial charge in [-0.3, -0.25) is 9.59 Å². The lowest BCUT2D eigenvalue weighted by atomic mass is 10.2. The summed E-state index contributed by atoms with van der Waals surface area (Å²) in [6.07, 6.45) is 1.74. The van der Waals surface area contributed by atoms with Crippen molar-refractivity contribution in [1.82, 2.24) is 10.9 Å². The summed E-state index contributed by atoms with van der Waals surface area (Å²) in [5.41, 5.74) is 3.37. The first kappa shape index (κ1) is 18.8. The van der Waals surface area contributed by atoms with Gasteiger partial charge in [0.15, 0.2) is 0 Å². The van der Waals surface area contributed by atoms with E-state index in [4.69, 9.17) is 0 Å². The van der Waals surface area contributed by atoms with Crippen molar-refractivity contribution in [2.24, 2.45) is 10.2 Å². The molecule has 0 spiro atoms. The fourth-order valence-electron chi connectivity index (χ4n) is 1.63. The number of hydrazone groups is 2. The fraction of sp³-hybridized carbons (Fsp3) is 0. The first-order chi connectivity index (χ1) is 12.4. The molecule has 2 aromatic carbocycles. The first-order valence-corrected chi connectivity index (χ1v) is 6.93. The standard InChI is InChI=1S/C16H10F4N4O2/c17-11-3-1-9(13(19)5-11)7-21-23-15(25)16(26)24-22-8-10-2-4-12(18)6-14(10)20/h1-8H,(H,23,25)(H,24,26)/b21-7-,22-8-. The Morgan fingerprint density at radius 1 is 0.731 bits per heavy atom. The summed E-state index contributed by atoms with van der Waals surface area (Å²) in [4.78, 5) is 22.9. The van der Waals surface area contributed by atoms with Crippen LogP contribution in [0.15, 0.2) is 46.6 Å². The van der Waals surface area contributed by atoms with Crippen molar-refractivity contribution in [1.29, 1.82) is 0 Å². The number of rotatable bonds is 4. The van der Waals surface area contributed by atoms with Crippen molar-refractivity contribution in [3.63, 3.8) is 0 Å². The Bertz CT molecular complexity index is 826. The zero-order valence-corrected chi connectivity index (χ0v) is 12.8. The molecule has 0 aliphatic heterocycles. The molecule has 0 fully saturated rings. The van der Waals surface area contributed by atoms with Crippen molar-refractivity contribution in [3.05, 3.63) is 70.8 Å². The molecule has 134 valence electrons.